The van der Waals surface area contributed by atoms with Crippen LogP contribution in [-0.2, 0) is 11.2 Å². The number of carbonyl (C=O) groups excluding carboxylic acids is 1. The summed E-state index contributed by atoms with van der Waals surface area (Å²) < 4.78 is 20.1. The maximum Gasteiger partial charge on any atom is 0.258 e. The minimum absolute atomic E-state index is 0.0667. The first kappa shape index (κ1) is 20.8. The third-order valence-corrected chi connectivity index (χ3v) is 6.24. The molecule has 30 heavy (non-hydrogen) atoms. The molecule has 0 radical (unpaired) electrons. The average molecular weight is 415 g/mol. The normalized spacial score (nSPS) is 18.5. The molecule has 1 amide bonds. The maximum absolute atomic E-state index is 14.9. The molecule has 0 saturated carbocycles. The van der Waals surface area contributed by atoms with Crippen LogP contribution in [0.1, 0.15) is 57.7 Å². The summed E-state index contributed by atoms with van der Waals surface area (Å²) in [7, 11) is 0. The number of nitrogens with zero attached hydrogens (tertiary/aromatic N) is 4. The number of rotatable bonds is 5. The van der Waals surface area contributed by atoms with Crippen molar-refractivity contribution in [2.24, 2.45) is 5.92 Å². The molecule has 3 heterocycles. The summed E-state index contributed by atoms with van der Waals surface area (Å²) in [5.41, 5.74) is 1.17. The third-order valence-electron chi connectivity index (χ3n) is 6.24. The number of aromatic nitrogens is 2. The molecule has 2 saturated heterocycles. The van der Waals surface area contributed by atoms with E-state index in [9.17, 15) is 9.18 Å². The SMILES string of the molecule is CCCc1noc(-c2ccc(N3CCC(C(=O)N4CCCCCC4)CC3)c(F)c2)n1. The molecular weight excluding hydrogens is 383 g/mol. The van der Waals surface area contributed by atoms with Gasteiger partial charge in [-0.1, -0.05) is 24.9 Å². The van der Waals surface area contributed by atoms with Crippen molar-refractivity contribution in [3.63, 3.8) is 0 Å². The van der Waals surface area contributed by atoms with Crippen LogP contribution < -0.4 is 4.90 Å². The van der Waals surface area contributed by atoms with Gasteiger partial charge in [-0.15, -0.1) is 0 Å². The lowest BCUT2D eigenvalue weighted by molar-refractivity contribution is -0.136. The van der Waals surface area contributed by atoms with Crippen molar-refractivity contribution in [2.75, 3.05) is 31.1 Å². The first-order valence-electron chi connectivity index (χ1n) is 11.3. The van der Waals surface area contributed by atoms with Crippen LogP contribution in [0.2, 0.25) is 0 Å². The number of aryl methyl sites for hydroxylation is 1. The zero-order valence-corrected chi connectivity index (χ0v) is 17.8. The lowest BCUT2D eigenvalue weighted by atomic mass is 9.94. The van der Waals surface area contributed by atoms with Crippen molar-refractivity contribution in [2.45, 2.75) is 58.3 Å². The fourth-order valence-corrected chi connectivity index (χ4v) is 4.51. The largest absolute Gasteiger partial charge is 0.369 e. The lowest BCUT2D eigenvalue weighted by Crippen LogP contribution is -2.43. The number of halogens is 1. The van der Waals surface area contributed by atoms with E-state index in [0.717, 1.165) is 51.6 Å². The smallest absolute Gasteiger partial charge is 0.258 e. The Bertz CT molecular complexity index is 853. The zero-order valence-electron chi connectivity index (χ0n) is 17.8. The Balaban J connectivity index is 1.37. The fourth-order valence-electron chi connectivity index (χ4n) is 4.51. The van der Waals surface area contributed by atoms with Crippen molar-refractivity contribution in [1.82, 2.24) is 15.0 Å². The van der Waals surface area contributed by atoms with Gasteiger partial charge >= 0.3 is 0 Å². The molecule has 2 aliphatic rings. The first-order valence-corrected chi connectivity index (χ1v) is 11.3. The van der Waals surface area contributed by atoms with Gasteiger partial charge in [-0.2, -0.15) is 4.98 Å². The molecule has 2 aliphatic heterocycles. The Hall–Kier alpha value is -2.44. The maximum atomic E-state index is 14.9. The highest BCUT2D eigenvalue weighted by Gasteiger charge is 2.29. The number of likely N-dealkylation sites (tertiary alicyclic amines) is 1. The summed E-state index contributed by atoms with van der Waals surface area (Å²) in [5.74, 6) is 1.07. The van der Waals surface area contributed by atoms with E-state index in [1.54, 1.807) is 6.07 Å². The van der Waals surface area contributed by atoms with E-state index >= 15 is 0 Å². The van der Waals surface area contributed by atoms with Crippen LogP contribution in [0.5, 0.6) is 0 Å². The summed E-state index contributed by atoms with van der Waals surface area (Å²) in [6.07, 6.45) is 7.91. The number of amides is 1. The second kappa shape index (κ2) is 9.58. The quantitative estimate of drug-likeness (QED) is 0.723. The minimum atomic E-state index is -0.292. The Morgan fingerprint density at radius 3 is 2.53 bits per heavy atom. The van der Waals surface area contributed by atoms with E-state index in [4.69, 9.17) is 4.52 Å². The minimum Gasteiger partial charge on any atom is -0.369 e. The van der Waals surface area contributed by atoms with Gasteiger partial charge in [-0.05, 0) is 50.3 Å². The van der Waals surface area contributed by atoms with Crippen LogP contribution in [-0.4, -0.2) is 47.1 Å². The van der Waals surface area contributed by atoms with Gasteiger partial charge in [0.25, 0.3) is 5.89 Å². The molecule has 2 fully saturated rings. The van der Waals surface area contributed by atoms with E-state index < -0.39 is 0 Å². The van der Waals surface area contributed by atoms with Crippen LogP contribution in [0.25, 0.3) is 11.5 Å². The van der Waals surface area contributed by atoms with E-state index in [1.807, 2.05) is 11.0 Å². The number of anilines is 1. The number of hydrogen-bond donors (Lipinski definition) is 0. The molecule has 2 aromatic rings. The van der Waals surface area contributed by atoms with Gasteiger partial charge < -0.3 is 14.3 Å². The highest BCUT2D eigenvalue weighted by Crippen LogP contribution is 2.30. The Kier molecular flexibility index (Phi) is 6.65. The van der Waals surface area contributed by atoms with E-state index in [1.165, 1.54) is 18.9 Å². The number of hydrogen-bond acceptors (Lipinski definition) is 5. The van der Waals surface area contributed by atoms with E-state index in [-0.39, 0.29) is 11.7 Å². The Morgan fingerprint density at radius 2 is 1.87 bits per heavy atom. The van der Waals surface area contributed by atoms with Crippen molar-refractivity contribution < 1.29 is 13.7 Å². The predicted molar refractivity (Wildman–Crippen MR) is 114 cm³/mol. The molecule has 0 aliphatic carbocycles. The van der Waals surface area contributed by atoms with Gasteiger partial charge in [0.2, 0.25) is 5.91 Å². The van der Waals surface area contributed by atoms with Crippen molar-refractivity contribution >= 4 is 11.6 Å². The second-order valence-electron chi connectivity index (χ2n) is 8.43. The van der Waals surface area contributed by atoms with Gasteiger partial charge in [-0.3, -0.25) is 4.79 Å². The van der Waals surface area contributed by atoms with Gasteiger partial charge in [0.15, 0.2) is 5.82 Å². The monoisotopic (exact) mass is 414 g/mol. The molecule has 4 rings (SSSR count). The molecule has 1 aromatic heterocycles. The summed E-state index contributed by atoms with van der Waals surface area (Å²) in [4.78, 5) is 21.3. The van der Waals surface area contributed by atoms with E-state index in [2.05, 4.69) is 22.0 Å². The molecular formula is C23H31FN4O2. The van der Waals surface area contributed by atoms with Crippen LogP contribution in [0.15, 0.2) is 22.7 Å². The summed E-state index contributed by atoms with van der Waals surface area (Å²) in [6.45, 7) is 5.23. The molecule has 0 spiro atoms. The van der Waals surface area contributed by atoms with Crippen LogP contribution >= 0.6 is 0 Å². The Morgan fingerprint density at radius 1 is 1.13 bits per heavy atom. The number of benzene rings is 1. The summed E-state index contributed by atoms with van der Waals surface area (Å²) >= 11 is 0. The molecule has 0 atom stereocenters. The van der Waals surface area contributed by atoms with Crippen molar-refractivity contribution in [1.29, 1.82) is 0 Å². The van der Waals surface area contributed by atoms with Gasteiger partial charge in [0.05, 0.1) is 5.69 Å². The predicted octanol–water partition coefficient (Wildman–Crippen LogP) is 4.45. The molecule has 0 N–H and O–H groups in total. The summed E-state index contributed by atoms with van der Waals surface area (Å²) in [5, 5.41) is 3.94. The van der Waals surface area contributed by atoms with E-state index in [0.29, 0.717) is 42.0 Å². The van der Waals surface area contributed by atoms with Gasteiger partial charge in [0.1, 0.15) is 5.82 Å². The molecule has 6 nitrogen and oxygen atoms in total. The Labute approximate surface area is 177 Å². The fraction of sp³-hybridized carbons (Fsp3) is 0.609. The molecule has 0 unspecified atom stereocenters. The van der Waals surface area contributed by atoms with Gasteiger partial charge in [-0.25, -0.2) is 4.39 Å². The lowest BCUT2D eigenvalue weighted by Gasteiger charge is -2.35. The van der Waals surface area contributed by atoms with Crippen molar-refractivity contribution in [3.05, 3.63) is 29.8 Å². The second-order valence-corrected chi connectivity index (χ2v) is 8.43. The average Bonchev–Trinajstić information content (AvgIpc) is 3.06. The van der Waals surface area contributed by atoms with Crippen LogP contribution in [0, 0.1) is 11.7 Å². The first-order chi connectivity index (χ1) is 14.7. The summed E-state index contributed by atoms with van der Waals surface area (Å²) in [6, 6.07) is 5.08. The molecule has 162 valence electrons. The zero-order chi connectivity index (χ0) is 20.9. The van der Waals surface area contributed by atoms with Crippen molar-refractivity contribution in [3.8, 4) is 11.5 Å². The topological polar surface area (TPSA) is 62.5 Å². The number of piperidine rings is 1. The van der Waals surface area contributed by atoms with Gasteiger partial charge in [0, 0.05) is 44.1 Å². The van der Waals surface area contributed by atoms with Crippen LogP contribution in [0.3, 0.4) is 0 Å². The standard InChI is InChI=1S/C23H31FN4O2/c1-2-7-21-25-22(30-26-21)18-8-9-20(19(24)16-18)27-14-10-17(11-15-27)23(29)28-12-5-3-4-6-13-28/h8-9,16-17H,2-7,10-15H2,1H3. The molecule has 0 bridgehead atoms. The highest BCUT2D eigenvalue weighted by atomic mass is 19.1. The molecule has 1 aromatic carbocycles. The number of carbonyl (C=O) groups is 1. The molecule has 7 heteroatoms. The van der Waals surface area contributed by atoms with Crippen LogP contribution in [0.4, 0.5) is 10.1 Å². The third kappa shape index (κ3) is 4.65. The highest BCUT2D eigenvalue weighted by molar-refractivity contribution is 5.79.